The molecule has 0 atom stereocenters. The first-order valence-electron chi connectivity index (χ1n) is 7.30. The van der Waals surface area contributed by atoms with Crippen LogP contribution in [0.3, 0.4) is 0 Å². The van der Waals surface area contributed by atoms with Crippen LogP contribution in [0.4, 0.5) is 0 Å². The van der Waals surface area contributed by atoms with Crippen LogP contribution in [0, 0.1) is 0 Å². The zero-order valence-electron chi connectivity index (χ0n) is 13.7. The third-order valence-corrected chi connectivity index (χ3v) is 9.22. The van der Waals surface area contributed by atoms with Crippen LogP contribution in [0.15, 0.2) is 13.9 Å². The molecule has 0 saturated carbocycles. The minimum atomic E-state index is -0.416. The molecule has 0 fully saturated rings. The van der Waals surface area contributed by atoms with Crippen molar-refractivity contribution in [2.45, 2.75) is 56.7 Å². The van der Waals surface area contributed by atoms with E-state index in [0.29, 0.717) is 0 Å². The maximum atomic E-state index is 4.46. The monoisotopic (exact) mass is 311 g/mol. The molecular formula is C12H30BN3Si3. The van der Waals surface area contributed by atoms with Crippen molar-refractivity contribution >= 4 is 32.5 Å². The molecule has 0 spiro atoms. The summed E-state index contributed by atoms with van der Waals surface area (Å²) < 4.78 is 13.4. The van der Waals surface area contributed by atoms with Crippen LogP contribution in [-0.2, 0) is 0 Å². The average Bonchev–Trinajstić information content (AvgIpc) is 2.44. The molecule has 0 unspecified atom stereocenters. The molecule has 19 heavy (non-hydrogen) atoms. The maximum absolute atomic E-state index is 4.46. The Balaban J connectivity index is 4.29. The summed E-state index contributed by atoms with van der Waals surface area (Å²) in [7, 11) is 4.70. The van der Waals surface area contributed by atoms with Crippen molar-refractivity contribution in [1.29, 1.82) is 0 Å². The standard InChI is InChI=1S/C12H30BN3Si3/c1-14-17(4)10-7-13(8-11-18(5)15-2)9-12-19(6)16-3/h7-12H2,1-6H3. The van der Waals surface area contributed by atoms with Crippen molar-refractivity contribution in [2.75, 3.05) is 21.1 Å². The summed E-state index contributed by atoms with van der Waals surface area (Å²) in [6, 6.07) is 4.03. The van der Waals surface area contributed by atoms with Gasteiger partial charge in [-0.05, 0) is 37.8 Å². The van der Waals surface area contributed by atoms with Gasteiger partial charge >= 0.3 is 0 Å². The van der Waals surface area contributed by atoms with E-state index in [1.165, 1.54) is 37.1 Å². The van der Waals surface area contributed by atoms with E-state index in [9.17, 15) is 0 Å². The van der Waals surface area contributed by atoms with Crippen molar-refractivity contribution in [3.05, 3.63) is 0 Å². The molecule has 3 nitrogen and oxygen atoms in total. The second-order valence-corrected chi connectivity index (χ2v) is 12.6. The minimum absolute atomic E-state index is 0.416. The van der Waals surface area contributed by atoms with Crippen LogP contribution in [0.5, 0.6) is 0 Å². The Morgan fingerprint density at radius 3 is 1.11 bits per heavy atom. The lowest BCUT2D eigenvalue weighted by Crippen LogP contribution is -2.16. The van der Waals surface area contributed by atoms with Crippen molar-refractivity contribution < 1.29 is 0 Å². The number of hydrogen-bond acceptors (Lipinski definition) is 3. The van der Waals surface area contributed by atoms with Gasteiger partial charge in [-0.15, -0.1) is 0 Å². The first kappa shape index (κ1) is 19.1. The van der Waals surface area contributed by atoms with E-state index in [1.807, 2.05) is 21.1 Å². The lowest BCUT2D eigenvalue weighted by molar-refractivity contribution is 1.19. The van der Waals surface area contributed by atoms with Crippen molar-refractivity contribution in [2.24, 2.45) is 13.9 Å². The Kier molecular flexibility index (Phi) is 12.0. The molecule has 0 aliphatic heterocycles. The fourth-order valence-corrected chi connectivity index (χ4v) is 5.16. The normalized spacial score (nSPS) is 13.9. The third kappa shape index (κ3) is 10.6. The van der Waals surface area contributed by atoms with Crippen LogP contribution < -0.4 is 0 Å². The van der Waals surface area contributed by atoms with Gasteiger partial charge in [0, 0.05) is 21.1 Å². The molecule has 0 aliphatic rings. The highest BCUT2D eigenvalue weighted by Crippen LogP contribution is 2.16. The minimum Gasteiger partial charge on any atom is -0.341 e. The Morgan fingerprint density at radius 2 is 0.895 bits per heavy atom. The van der Waals surface area contributed by atoms with E-state index >= 15 is 0 Å². The molecule has 0 rings (SSSR count). The second kappa shape index (κ2) is 11.9. The van der Waals surface area contributed by atoms with E-state index < -0.39 is 25.8 Å². The smallest absolute Gasteiger partial charge is 0.140 e. The van der Waals surface area contributed by atoms with Gasteiger partial charge in [0.15, 0.2) is 0 Å². The van der Waals surface area contributed by atoms with Gasteiger partial charge in [0.2, 0.25) is 0 Å². The topological polar surface area (TPSA) is 37.1 Å². The van der Waals surface area contributed by atoms with Gasteiger partial charge in [0.1, 0.15) is 32.5 Å². The van der Waals surface area contributed by atoms with Gasteiger partial charge in [-0.3, -0.25) is 0 Å². The lowest BCUT2D eigenvalue weighted by atomic mass is 9.44. The molecule has 0 aromatic rings. The van der Waals surface area contributed by atoms with Crippen molar-refractivity contribution in [1.82, 2.24) is 0 Å². The summed E-state index contributed by atoms with van der Waals surface area (Å²) in [4.78, 5) is 0. The van der Waals surface area contributed by atoms with E-state index in [2.05, 4.69) is 33.5 Å². The Labute approximate surface area is 124 Å². The highest BCUT2D eigenvalue weighted by atomic mass is 28.2. The van der Waals surface area contributed by atoms with Crippen molar-refractivity contribution in [3.63, 3.8) is 0 Å². The zero-order valence-corrected chi connectivity index (χ0v) is 16.7. The molecule has 0 heterocycles. The number of nitrogens with zero attached hydrogens (tertiary/aromatic N) is 3. The highest BCUT2D eigenvalue weighted by molar-refractivity contribution is 6.64. The van der Waals surface area contributed by atoms with Gasteiger partial charge < -0.3 is 13.9 Å². The molecular weight excluding hydrogens is 281 g/mol. The summed E-state index contributed by atoms with van der Waals surface area (Å²) in [5, 5.41) is 0. The molecule has 0 saturated heterocycles. The molecule has 0 radical (unpaired) electrons. The molecule has 0 bridgehead atoms. The van der Waals surface area contributed by atoms with Crippen LogP contribution in [-0.4, -0.2) is 53.6 Å². The average molecular weight is 311 g/mol. The highest BCUT2D eigenvalue weighted by Gasteiger charge is 2.15. The van der Waals surface area contributed by atoms with Crippen LogP contribution >= 0.6 is 0 Å². The summed E-state index contributed by atoms with van der Waals surface area (Å²) in [5.41, 5.74) is 0. The summed E-state index contributed by atoms with van der Waals surface area (Å²) >= 11 is 0. The lowest BCUT2D eigenvalue weighted by Gasteiger charge is -2.13. The van der Waals surface area contributed by atoms with E-state index in [0.717, 1.165) is 6.71 Å². The summed E-state index contributed by atoms with van der Waals surface area (Å²) in [6.45, 7) is 7.88. The third-order valence-electron chi connectivity index (χ3n) is 3.89. The van der Waals surface area contributed by atoms with E-state index in [1.54, 1.807) is 0 Å². The SMILES string of the molecule is CN=[Si](C)CCB(CC[Si](C)=NC)CC[Si](C)=NC. The maximum Gasteiger partial charge on any atom is 0.140 e. The molecule has 0 aliphatic carbocycles. The van der Waals surface area contributed by atoms with Crippen molar-refractivity contribution in [3.8, 4) is 0 Å². The quantitative estimate of drug-likeness (QED) is 0.576. The molecule has 0 aromatic carbocycles. The van der Waals surface area contributed by atoms with Gasteiger partial charge in [-0.2, -0.15) is 0 Å². The first-order valence-corrected chi connectivity index (χ1v) is 13.8. The van der Waals surface area contributed by atoms with Gasteiger partial charge in [-0.1, -0.05) is 19.0 Å². The predicted molar refractivity (Wildman–Crippen MR) is 94.5 cm³/mol. The summed E-state index contributed by atoms with van der Waals surface area (Å²) in [5.74, 6) is 0. The van der Waals surface area contributed by atoms with Crippen LogP contribution in [0.2, 0.25) is 56.7 Å². The Bertz CT molecular complexity index is 291. The second-order valence-electron chi connectivity index (χ2n) is 5.36. The number of rotatable bonds is 9. The molecule has 108 valence electrons. The number of hydrogen-bond donors (Lipinski definition) is 0. The van der Waals surface area contributed by atoms with E-state index in [-0.39, 0.29) is 0 Å². The fourth-order valence-electron chi connectivity index (χ4n) is 2.01. The molecule has 7 heteroatoms. The van der Waals surface area contributed by atoms with Gasteiger partial charge in [-0.25, -0.2) is 0 Å². The van der Waals surface area contributed by atoms with Crippen LogP contribution in [0.1, 0.15) is 0 Å². The van der Waals surface area contributed by atoms with Gasteiger partial charge in [0.25, 0.3) is 0 Å². The van der Waals surface area contributed by atoms with Crippen LogP contribution in [0.25, 0.3) is 0 Å². The molecule has 0 amide bonds. The first-order chi connectivity index (χ1) is 9.03. The predicted octanol–water partition coefficient (Wildman–Crippen LogP) is 4.04. The fraction of sp³-hybridized carbons (Fsp3) is 1.00. The van der Waals surface area contributed by atoms with E-state index in [4.69, 9.17) is 0 Å². The van der Waals surface area contributed by atoms with Gasteiger partial charge in [0.05, 0.1) is 0 Å². The Morgan fingerprint density at radius 1 is 0.632 bits per heavy atom. The molecule has 0 N–H and O–H groups in total. The summed E-state index contributed by atoms with van der Waals surface area (Å²) in [6.07, 6.45) is 4.12. The zero-order chi connectivity index (χ0) is 14.7. The largest absolute Gasteiger partial charge is 0.341 e. The molecule has 0 aromatic heterocycles. The Hall–Kier alpha value is 0.116.